The molecule has 0 atom stereocenters. The second kappa shape index (κ2) is 3.01. The molecule has 3 nitrogen and oxygen atoms in total. The molecule has 0 N–H and O–H groups in total. The lowest BCUT2D eigenvalue weighted by Gasteiger charge is -1.95. The molecule has 13 heavy (non-hydrogen) atoms. The van der Waals surface area contributed by atoms with Crippen LogP contribution in [-0.4, -0.2) is 4.98 Å². The van der Waals surface area contributed by atoms with Gasteiger partial charge >= 0.3 is 5.63 Å². The summed E-state index contributed by atoms with van der Waals surface area (Å²) >= 11 is 11.2. The predicted octanol–water partition coefficient (Wildman–Crippen LogP) is 2.49. The SMILES string of the molecule is O=c1oc2ccc(Cl)cc2nc1Cl. The number of rotatable bonds is 0. The fourth-order valence-electron chi connectivity index (χ4n) is 0.958. The van der Waals surface area contributed by atoms with Crippen LogP contribution in [0.15, 0.2) is 27.4 Å². The summed E-state index contributed by atoms with van der Waals surface area (Å²) in [5.74, 6) is 0. The molecule has 0 saturated heterocycles. The lowest BCUT2D eigenvalue weighted by Crippen LogP contribution is -2.01. The van der Waals surface area contributed by atoms with Gasteiger partial charge in [-0.05, 0) is 18.2 Å². The van der Waals surface area contributed by atoms with E-state index in [4.69, 9.17) is 27.6 Å². The fourth-order valence-corrected chi connectivity index (χ4v) is 1.25. The maximum absolute atomic E-state index is 10.9. The minimum atomic E-state index is -0.642. The van der Waals surface area contributed by atoms with Crippen molar-refractivity contribution in [2.45, 2.75) is 0 Å². The first kappa shape index (κ1) is 8.53. The largest absolute Gasteiger partial charge is 0.419 e. The lowest BCUT2D eigenvalue weighted by molar-refractivity contribution is 0.555. The van der Waals surface area contributed by atoms with Crippen LogP contribution in [0.2, 0.25) is 10.2 Å². The molecule has 5 heteroatoms. The minimum Gasteiger partial charge on any atom is -0.419 e. The van der Waals surface area contributed by atoms with Crippen LogP contribution < -0.4 is 5.63 Å². The van der Waals surface area contributed by atoms with E-state index in [9.17, 15) is 4.79 Å². The number of aromatic nitrogens is 1. The van der Waals surface area contributed by atoms with Crippen LogP contribution in [0.25, 0.3) is 11.1 Å². The summed E-state index contributed by atoms with van der Waals surface area (Å²) in [5, 5.41) is 0.333. The Morgan fingerprint density at radius 3 is 2.85 bits per heavy atom. The van der Waals surface area contributed by atoms with Crippen LogP contribution in [0.4, 0.5) is 0 Å². The third-order valence-corrected chi connectivity index (χ3v) is 1.98. The van der Waals surface area contributed by atoms with Crippen LogP contribution >= 0.6 is 23.2 Å². The molecule has 0 fully saturated rings. The second-order valence-electron chi connectivity index (χ2n) is 2.40. The normalized spacial score (nSPS) is 10.6. The van der Waals surface area contributed by atoms with Gasteiger partial charge in [-0.2, -0.15) is 0 Å². The Kier molecular flexibility index (Phi) is 1.98. The Morgan fingerprint density at radius 1 is 1.31 bits per heavy atom. The molecule has 0 unspecified atom stereocenters. The Labute approximate surface area is 82.9 Å². The van der Waals surface area contributed by atoms with Crippen molar-refractivity contribution < 1.29 is 4.42 Å². The van der Waals surface area contributed by atoms with Gasteiger partial charge in [-0.1, -0.05) is 23.2 Å². The van der Waals surface area contributed by atoms with Gasteiger partial charge in [0.2, 0.25) is 5.15 Å². The van der Waals surface area contributed by atoms with Crippen LogP contribution in [0.1, 0.15) is 0 Å². The zero-order valence-electron chi connectivity index (χ0n) is 6.25. The number of halogens is 2. The van der Waals surface area contributed by atoms with Crippen LogP contribution in [-0.2, 0) is 0 Å². The van der Waals surface area contributed by atoms with Crippen molar-refractivity contribution in [3.63, 3.8) is 0 Å². The Hall–Kier alpha value is -1.06. The minimum absolute atomic E-state index is 0.185. The summed E-state index contributed by atoms with van der Waals surface area (Å²) in [6.45, 7) is 0. The predicted molar refractivity (Wildman–Crippen MR) is 50.3 cm³/mol. The van der Waals surface area contributed by atoms with Crippen molar-refractivity contribution in [3.8, 4) is 0 Å². The van der Waals surface area contributed by atoms with E-state index in [0.717, 1.165) is 0 Å². The average Bonchev–Trinajstić information content (AvgIpc) is 2.08. The molecule has 1 aromatic heterocycles. The Morgan fingerprint density at radius 2 is 2.08 bits per heavy atom. The summed E-state index contributed by atoms with van der Waals surface area (Å²) in [6, 6.07) is 4.76. The number of hydrogen-bond acceptors (Lipinski definition) is 3. The van der Waals surface area contributed by atoms with Crippen molar-refractivity contribution in [2.75, 3.05) is 0 Å². The molecule has 0 saturated carbocycles. The van der Waals surface area contributed by atoms with Crippen LogP contribution in [0, 0.1) is 0 Å². The maximum atomic E-state index is 10.9. The van der Waals surface area contributed by atoms with Gasteiger partial charge in [-0.3, -0.25) is 0 Å². The first-order valence-corrected chi connectivity index (χ1v) is 4.18. The van der Waals surface area contributed by atoms with Crippen molar-refractivity contribution in [1.82, 2.24) is 4.98 Å². The highest BCUT2D eigenvalue weighted by Gasteiger charge is 2.03. The fraction of sp³-hybridized carbons (Fsp3) is 0. The molecular weight excluding hydrogens is 213 g/mol. The van der Waals surface area contributed by atoms with Gasteiger partial charge in [0.05, 0.1) is 0 Å². The van der Waals surface area contributed by atoms with E-state index in [-0.39, 0.29) is 5.15 Å². The summed E-state index contributed by atoms with van der Waals surface area (Å²) in [4.78, 5) is 14.7. The first-order chi connectivity index (χ1) is 6.16. The van der Waals surface area contributed by atoms with Gasteiger partial charge in [0, 0.05) is 5.02 Å². The molecule has 66 valence electrons. The molecule has 0 aliphatic heterocycles. The monoisotopic (exact) mass is 215 g/mol. The topological polar surface area (TPSA) is 43.1 Å². The van der Waals surface area contributed by atoms with Gasteiger partial charge in [-0.15, -0.1) is 0 Å². The third kappa shape index (κ3) is 1.53. The molecule has 0 aliphatic rings. The smallest absolute Gasteiger partial charge is 0.374 e. The van der Waals surface area contributed by atoms with Gasteiger partial charge in [0.15, 0.2) is 5.58 Å². The van der Waals surface area contributed by atoms with Crippen molar-refractivity contribution in [2.24, 2.45) is 0 Å². The Bertz CT molecular complexity index is 521. The summed E-state index contributed by atoms with van der Waals surface area (Å²) in [7, 11) is 0. The Balaban J connectivity index is 2.89. The molecule has 0 aliphatic carbocycles. The third-order valence-electron chi connectivity index (χ3n) is 1.51. The second-order valence-corrected chi connectivity index (χ2v) is 3.20. The van der Waals surface area contributed by atoms with E-state index in [1.54, 1.807) is 18.2 Å². The summed E-state index contributed by atoms with van der Waals surface area (Å²) < 4.78 is 4.84. The molecule has 2 rings (SSSR count). The van der Waals surface area contributed by atoms with E-state index >= 15 is 0 Å². The van der Waals surface area contributed by atoms with Crippen molar-refractivity contribution in [3.05, 3.63) is 38.8 Å². The van der Waals surface area contributed by atoms with Gasteiger partial charge in [0.1, 0.15) is 5.52 Å². The molecule has 0 spiro atoms. The molecule has 0 bridgehead atoms. The number of hydrogen-bond donors (Lipinski definition) is 0. The molecule has 1 heterocycles. The van der Waals surface area contributed by atoms with E-state index in [1.165, 1.54) is 0 Å². The van der Waals surface area contributed by atoms with Gasteiger partial charge in [0.25, 0.3) is 0 Å². The van der Waals surface area contributed by atoms with Crippen molar-refractivity contribution >= 4 is 34.3 Å². The summed E-state index contributed by atoms with van der Waals surface area (Å²) in [6.07, 6.45) is 0. The first-order valence-electron chi connectivity index (χ1n) is 3.43. The highest BCUT2D eigenvalue weighted by Crippen LogP contribution is 2.17. The standard InChI is InChI=1S/C8H3Cl2NO2/c9-4-1-2-6-5(3-4)11-7(10)8(12)13-6/h1-3H. The highest BCUT2D eigenvalue weighted by molar-refractivity contribution is 6.31. The van der Waals surface area contributed by atoms with E-state index in [2.05, 4.69) is 4.98 Å². The van der Waals surface area contributed by atoms with E-state index in [1.807, 2.05) is 0 Å². The molecule has 0 amide bonds. The number of benzene rings is 1. The molecular formula is C8H3Cl2NO2. The average molecular weight is 216 g/mol. The molecule has 0 radical (unpaired) electrons. The van der Waals surface area contributed by atoms with Crippen LogP contribution in [0.5, 0.6) is 0 Å². The molecule has 1 aromatic carbocycles. The van der Waals surface area contributed by atoms with E-state index in [0.29, 0.717) is 16.1 Å². The van der Waals surface area contributed by atoms with Crippen LogP contribution in [0.3, 0.4) is 0 Å². The zero-order valence-corrected chi connectivity index (χ0v) is 7.76. The van der Waals surface area contributed by atoms with Gasteiger partial charge in [-0.25, -0.2) is 9.78 Å². The quantitative estimate of drug-likeness (QED) is 0.679. The van der Waals surface area contributed by atoms with E-state index < -0.39 is 5.63 Å². The van der Waals surface area contributed by atoms with Gasteiger partial charge < -0.3 is 4.42 Å². The molecule has 2 aromatic rings. The number of nitrogens with zero attached hydrogens (tertiary/aromatic N) is 1. The zero-order chi connectivity index (χ0) is 9.42. The highest BCUT2D eigenvalue weighted by atomic mass is 35.5. The van der Waals surface area contributed by atoms with Crippen molar-refractivity contribution in [1.29, 1.82) is 0 Å². The summed E-state index contributed by atoms with van der Waals surface area (Å²) in [5.41, 5.74) is 0.201. The number of fused-ring (bicyclic) bond motifs is 1. The maximum Gasteiger partial charge on any atom is 0.374 e. The lowest BCUT2D eigenvalue weighted by atomic mass is 10.3.